The SMILES string of the molecule is Cc1ccc(C(=O)NCCNCc2sccc2C)cc1. The number of benzene rings is 1. The van der Waals surface area contributed by atoms with Crippen LogP contribution in [-0.4, -0.2) is 19.0 Å². The second-order valence-corrected chi connectivity index (χ2v) is 5.83. The Bertz CT molecular complexity index is 560. The van der Waals surface area contributed by atoms with E-state index >= 15 is 0 Å². The number of thiophene rings is 1. The van der Waals surface area contributed by atoms with Crippen molar-refractivity contribution in [3.8, 4) is 0 Å². The molecular formula is C16H20N2OS. The standard InChI is InChI=1S/C16H20N2OS/c1-12-3-5-14(6-4-12)16(19)18-9-8-17-11-15-13(2)7-10-20-15/h3-7,10,17H,8-9,11H2,1-2H3,(H,18,19). The molecule has 0 aliphatic carbocycles. The van der Waals surface area contributed by atoms with Gasteiger partial charge in [-0.15, -0.1) is 11.3 Å². The van der Waals surface area contributed by atoms with Crippen molar-refractivity contribution >= 4 is 17.2 Å². The summed E-state index contributed by atoms with van der Waals surface area (Å²) >= 11 is 1.76. The van der Waals surface area contributed by atoms with Gasteiger partial charge in [-0.2, -0.15) is 0 Å². The molecule has 0 unspecified atom stereocenters. The van der Waals surface area contributed by atoms with Crippen LogP contribution < -0.4 is 10.6 Å². The molecule has 1 heterocycles. The number of carbonyl (C=O) groups is 1. The summed E-state index contributed by atoms with van der Waals surface area (Å²) < 4.78 is 0. The molecule has 4 heteroatoms. The summed E-state index contributed by atoms with van der Waals surface area (Å²) in [6, 6.07) is 9.74. The van der Waals surface area contributed by atoms with Crippen LogP contribution in [0.25, 0.3) is 0 Å². The van der Waals surface area contributed by atoms with Gasteiger partial charge in [0.15, 0.2) is 0 Å². The summed E-state index contributed by atoms with van der Waals surface area (Å²) in [6.07, 6.45) is 0. The Balaban J connectivity index is 1.67. The topological polar surface area (TPSA) is 41.1 Å². The van der Waals surface area contributed by atoms with Gasteiger partial charge in [0.05, 0.1) is 0 Å². The summed E-state index contributed by atoms with van der Waals surface area (Å²) in [6.45, 7) is 6.40. The van der Waals surface area contributed by atoms with Crippen molar-refractivity contribution in [2.24, 2.45) is 0 Å². The molecule has 0 radical (unpaired) electrons. The number of amides is 1. The zero-order chi connectivity index (χ0) is 14.4. The Kier molecular flexibility index (Phi) is 5.32. The number of hydrogen-bond donors (Lipinski definition) is 2. The molecule has 1 aromatic carbocycles. The van der Waals surface area contributed by atoms with Crippen LogP contribution in [0.5, 0.6) is 0 Å². The Morgan fingerprint density at radius 2 is 1.85 bits per heavy atom. The van der Waals surface area contributed by atoms with Gasteiger partial charge in [-0.25, -0.2) is 0 Å². The Morgan fingerprint density at radius 3 is 2.50 bits per heavy atom. The van der Waals surface area contributed by atoms with E-state index in [2.05, 4.69) is 29.0 Å². The lowest BCUT2D eigenvalue weighted by Crippen LogP contribution is -2.31. The van der Waals surface area contributed by atoms with Crippen molar-refractivity contribution in [3.05, 3.63) is 57.3 Å². The zero-order valence-electron chi connectivity index (χ0n) is 11.9. The lowest BCUT2D eigenvalue weighted by atomic mass is 10.1. The maximum atomic E-state index is 11.9. The van der Waals surface area contributed by atoms with Crippen LogP contribution in [0.1, 0.15) is 26.4 Å². The van der Waals surface area contributed by atoms with Crippen molar-refractivity contribution in [3.63, 3.8) is 0 Å². The van der Waals surface area contributed by atoms with Gasteiger partial charge in [0.1, 0.15) is 0 Å². The predicted octanol–water partition coefficient (Wildman–Crippen LogP) is 2.88. The first kappa shape index (κ1) is 14.8. The van der Waals surface area contributed by atoms with Crippen molar-refractivity contribution < 1.29 is 4.79 Å². The van der Waals surface area contributed by atoms with Gasteiger partial charge in [0.2, 0.25) is 0 Å². The van der Waals surface area contributed by atoms with Gasteiger partial charge in [-0.3, -0.25) is 4.79 Å². The van der Waals surface area contributed by atoms with Gasteiger partial charge in [0.25, 0.3) is 5.91 Å². The molecule has 0 atom stereocenters. The molecule has 0 fully saturated rings. The first-order chi connectivity index (χ1) is 9.66. The van der Waals surface area contributed by atoms with Gasteiger partial charge >= 0.3 is 0 Å². The maximum Gasteiger partial charge on any atom is 0.251 e. The van der Waals surface area contributed by atoms with Crippen LogP contribution in [0.2, 0.25) is 0 Å². The minimum atomic E-state index is -0.0147. The summed E-state index contributed by atoms with van der Waals surface area (Å²) in [7, 11) is 0. The van der Waals surface area contributed by atoms with Crippen LogP contribution >= 0.6 is 11.3 Å². The normalized spacial score (nSPS) is 10.5. The molecule has 0 aliphatic heterocycles. The third-order valence-electron chi connectivity index (χ3n) is 3.15. The Hall–Kier alpha value is -1.65. The molecule has 3 nitrogen and oxygen atoms in total. The molecule has 20 heavy (non-hydrogen) atoms. The molecular weight excluding hydrogens is 268 g/mol. The van der Waals surface area contributed by atoms with Crippen LogP contribution in [-0.2, 0) is 6.54 Å². The van der Waals surface area contributed by atoms with E-state index in [1.54, 1.807) is 11.3 Å². The first-order valence-corrected chi connectivity index (χ1v) is 7.63. The molecule has 0 aliphatic rings. The fourth-order valence-electron chi connectivity index (χ4n) is 1.86. The molecule has 2 aromatic rings. The number of rotatable bonds is 6. The maximum absolute atomic E-state index is 11.9. The molecule has 1 amide bonds. The summed E-state index contributed by atoms with van der Waals surface area (Å²) in [5, 5.41) is 8.36. The number of carbonyl (C=O) groups excluding carboxylic acids is 1. The smallest absolute Gasteiger partial charge is 0.251 e. The van der Waals surface area contributed by atoms with Crippen LogP contribution in [0.3, 0.4) is 0 Å². The Labute approximate surface area is 124 Å². The number of nitrogens with one attached hydrogen (secondary N) is 2. The quantitative estimate of drug-likeness (QED) is 0.803. The number of aryl methyl sites for hydroxylation is 2. The lowest BCUT2D eigenvalue weighted by Gasteiger charge is -2.07. The molecule has 0 saturated carbocycles. The molecule has 2 N–H and O–H groups in total. The third kappa shape index (κ3) is 4.18. The average molecular weight is 288 g/mol. The molecule has 0 spiro atoms. The second-order valence-electron chi connectivity index (χ2n) is 4.83. The molecule has 0 saturated heterocycles. The minimum absolute atomic E-state index is 0.0147. The molecule has 1 aromatic heterocycles. The second kappa shape index (κ2) is 7.22. The highest BCUT2D eigenvalue weighted by molar-refractivity contribution is 7.10. The number of hydrogen-bond acceptors (Lipinski definition) is 3. The predicted molar refractivity (Wildman–Crippen MR) is 84.3 cm³/mol. The monoisotopic (exact) mass is 288 g/mol. The molecule has 2 rings (SSSR count). The first-order valence-electron chi connectivity index (χ1n) is 6.75. The lowest BCUT2D eigenvalue weighted by molar-refractivity contribution is 0.0954. The Morgan fingerprint density at radius 1 is 1.10 bits per heavy atom. The van der Waals surface area contributed by atoms with E-state index in [-0.39, 0.29) is 5.91 Å². The van der Waals surface area contributed by atoms with Crippen molar-refractivity contribution in [1.82, 2.24) is 10.6 Å². The van der Waals surface area contributed by atoms with Crippen LogP contribution in [0, 0.1) is 13.8 Å². The van der Waals surface area contributed by atoms with Crippen LogP contribution in [0.4, 0.5) is 0 Å². The van der Waals surface area contributed by atoms with Gasteiger partial charge in [-0.1, -0.05) is 17.7 Å². The van der Waals surface area contributed by atoms with Crippen molar-refractivity contribution in [2.45, 2.75) is 20.4 Å². The fraction of sp³-hybridized carbons (Fsp3) is 0.312. The van der Waals surface area contributed by atoms with Gasteiger partial charge in [0, 0.05) is 30.1 Å². The van der Waals surface area contributed by atoms with E-state index in [0.29, 0.717) is 12.1 Å². The molecule has 106 valence electrons. The zero-order valence-corrected chi connectivity index (χ0v) is 12.7. The van der Waals surface area contributed by atoms with E-state index in [1.807, 2.05) is 31.2 Å². The van der Waals surface area contributed by atoms with E-state index in [1.165, 1.54) is 10.4 Å². The van der Waals surface area contributed by atoms with Crippen LogP contribution in [0.15, 0.2) is 35.7 Å². The fourth-order valence-corrected chi connectivity index (χ4v) is 2.73. The third-order valence-corrected chi connectivity index (χ3v) is 4.18. The largest absolute Gasteiger partial charge is 0.351 e. The highest BCUT2D eigenvalue weighted by Gasteiger charge is 2.03. The summed E-state index contributed by atoms with van der Waals surface area (Å²) in [5.74, 6) is -0.0147. The van der Waals surface area contributed by atoms with Gasteiger partial charge in [-0.05, 0) is 43.0 Å². The highest BCUT2D eigenvalue weighted by atomic mass is 32.1. The molecule has 0 bridgehead atoms. The highest BCUT2D eigenvalue weighted by Crippen LogP contribution is 2.14. The van der Waals surface area contributed by atoms with E-state index in [0.717, 1.165) is 18.7 Å². The van der Waals surface area contributed by atoms with E-state index in [9.17, 15) is 4.79 Å². The van der Waals surface area contributed by atoms with Crippen molar-refractivity contribution in [2.75, 3.05) is 13.1 Å². The van der Waals surface area contributed by atoms with Gasteiger partial charge < -0.3 is 10.6 Å². The average Bonchev–Trinajstić information content (AvgIpc) is 2.84. The summed E-state index contributed by atoms with van der Waals surface area (Å²) in [4.78, 5) is 13.2. The van der Waals surface area contributed by atoms with E-state index < -0.39 is 0 Å². The summed E-state index contributed by atoms with van der Waals surface area (Å²) in [5.41, 5.74) is 3.20. The minimum Gasteiger partial charge on any atom is -0.351 e. The van der Waals surface area contributed by atoms with Crippen molar-refractivity contribution in [1.29, 1.82) is 0 Å². The van der Waals surface area contributed by atoms with E-state index in [4.69, 9.17) is 0 Å².